The van der Waals surface area contributed by atoms with Crippen molar-refractivity contribution in [2.24, 2.45) is 0 Å². The molecule has 2 aromatic carbocycles. The second kappa shape index (κ2) is 8.14. The molecule has 0 saturated carbocycles. The number of carbonyl (C=O) groups is 2. The van der Waals surface area contributed by atoms with Crippen molar-refractivity contribution in [3.8, 4) is 11.5 Å². The largest absolute Gasteiger partial charge is 0.493 e. The molecule has 0 aliphatic rings. The van der Waals surface area contributed by atoms with Gasteiger partial charge in [0.25, 0.3) is 5.91 Å². The normalized spacial score (nSPS) is 10.2. The summed E-state index contributed by atoms with van der Waals surface area (Å²) in [5.41, 5.74) is 3.27. The van der Waals surface area contributed by atoms with Crippen molar-refractivity contribution in [1.29, 1.82) is 0 Å². The quantitative estimate of drug-likeness (QED) is 0.550. The number of anilines is 1. The first-order chi connectivity index (χ1) is 11.5. The van der Waals surface area contributed by atoms with Gasteiger partial charge in [-0.15, -0.1) is 0 Å². The molecule has 2 rings (SSSR count). The predicted molar refractivity (Wildman–Crippen MR) is 101 cm³/mol. The molecule has 0 unspecified atom stereocenters. The lowest BCUT2D eigenvalue weighted by molar-refractivity contribution is -0.118. The summed E-state index contributed by atoms with van der Waals surface area (Å²) in [5, 5.41) is 2.86. The Hall–Kier alpha value is -2.09. The van der Waals surface area contributed by atoms with E-state index in [0.717, 1.165) is 23.1 Å². The lowest BCUT2D eigenvalue weighted by Crippen LogP contribution is -2.21. The van der Waals surface area contributed by atoms with Gasteiger partial charge in [0, 0.05) is 11.3 Å². The average Bonchev–Trinajstić information content (AvgIpc) is 2.56. The molecule has 0 radical (unpaired) electrons. The zero-order valence-electron chi connectivity index (χ0n) is 13.7. The molecule has 0 aliphatic heterocycles. The lowest BCUT2D eigenvalue weighted by atomic mass is 10.1. The zero-order chi connectivity index (χ0) is 17.7. The van der Waals surface area contributed by atoms with Crippen molar-refractivity contribution < 1.29 is 19.1 Å². The van der Waals surface area contributed by atoms with Gasteiger partial charge in [-0.3, -0.25) is 9.59 Å². The third-order valence-electron chi connectivity index (χ3n) is 3.48. The fourth-order valence-electron chi connectivity index (χ4n) is 2.27. The highest BCUT2D eigenvalue weighted by atomic mass is 127. The highest BCUT2D eigenvalue weighted by Gasteiger charge is 2.14. The molecule has 5 nitrogen and oxygen atoms in total. The van der Waals surface area contributed by atoms with Gasteiger partial charge in [0.1, 0.15) is 6.29 Å². The maximum absolute atomic E-state index is 12.2. The molecule has 126 valence electrons. The molecule has 24 heavy (non-hydrogen) atoms. The van der Waals surface area contributed by atoms with Crippen LogP contribution < -0.4 is 14.8 Å². The van der Waals surface area contributed by atoms with Crippen molar-refractivity contribution >= 4 is 40.5 Å². The molecule has 0 atom stereocenters. The first-order valence-corrected chi connectivity index (χ1v) is 8.35. The monoisotopic (exact) mass is 439 g/mol. The van der Waals surface area contributed by atoms with Gasteiger partial charge < -0.3 is 14.8 Å². The maximum atomic E-state index is 12.2. The van der Waals surface area contributed by atoms with Crippen LogP contribution in [0.25, 0.3) is 0 Å². The molecule has 1 amide bonds. The Kier molecular flexibility index (Phi) is 6.19. The fraction of sp³-hybridized carbons (Fsp3) is 0.222. The van der Waals surface area contributed by atoms with Crippen LogP contribution >= 0.6 is 22.6 Å². The molecular weight excluding hydrogens is 421 g/mol. The Morgan fingerprint density at radius 2 is 1.92 bits per heavy atom. The van der Waals surface area contributed by atoms with Gasteiger partial charge in [-0.2, -0.15) is 0 Å². The smallest absolute Gasteiger partial charge is 0.262 e. The third-order valence-corrected chi connectivity index (χ3v) is 4.28. The number of rotatable bonds is 6. The number of para-hydroxylation sites is 1. The van der Waals surface area contributed by atoms with E-state index in [1.165, 1.54) is 7.11 Å². The molecule has 0 bridgehead atoms. The van der Waals surface area contributed by atoms with Crippen LogP contribution in [0.1, 0.15) is 21.5 Å². The molecule has 0 aromatic heterocycles. The van der Waals surface area contributed by atoms with Crippen LogP contribution in [0.3, 0.4) is 0 Å². The van der Waals surface area contributed by atoms with Crippen LogP contribution in [0.5, 0.6) is 11.5 Å². The Bertz CT molecular complexity index is 754. The third kappa shape index (κ3) is 4.25. The van der Waals surface area contributed by atoms with Gasteiger partial charge in [0.15, 0.2) is 18.1 Å². The number of nitrogens with one attached hydrogen (secondary N) is 1. The summed E-state index contributed by atoms with van der Waals surface area (Å²) in [6.45, 7) is 3.72. The van der Waals surface area contributed by atoms with E-state index in [4.69, 9.17) is 9.47 Å². The SMILES string of the molecule is COc1cc(C=O)cc(I)c1OCC(=O)Nc1c(C)cccc1C. The summed E-state index contributed by atoms with van der Waals surface area (Å²) < 4.78 is 11.6. The van der Waals surface area contributed by atoms with Gasteiger partial charge in [0.05, 0.1) is 10.7 Å². The van der Waals surface area contributed by atoms with E-state index in [2.05, 4.69) is 5.32 Å². The van der Waals surface area contributed by atoms with Crippen molar-refractivity contribution in [3.05, 3.63) is 50.6 Å². The van der Waals surface area contributed by atoms with Crippen LogP contribution in [0.2, 0.25) is 0 Å². The average molecular weight is 439 g/mol. The van der Waals surface area contributed by atoms with Crippen LogP contribution in [0.15, 0.2) is 30.3 Å². The lowest BCUT2D eigenvalue weighted by Gasteiger charge is -2.14. The topological polar surface area (TPSA) is 64.6 Å². The standard InChI is InChI=1S/C18H18INO4/c1-11-5-4-6-12(2)17(11)20-16(22)10-24-18-14(19)7-13(9-21)8-15(18)23-3/h4-9H,10H2,1-3H3,(H,20,22). The molecule has 1 N–H and O–H groups in total. The van der Waals surface area contributed by atoms with Crippen molar-refractivity contribution in [2.75, 3.05) is 19.0 Å². The number of methoxy groups -OCH3 is 1. The Labute approximate surface area is 154 Å². The van der Waals surface area contributed by atoms with E-state index >= 15 is 0 Å². The van der Waals surface area contributed by atoms with Crippen LogP contribution in [0, 0.1) is 17.4 Å². The number of hydrogen-bond acceptors (Lipinski definition) is 4. The first kappa shape index (κ1) is 18.3. The van der Waals surface area contributed by atoms with Crippen molar-refractivity contribution in [2.45, 2.75) is 13.8 Å². The zero-order valence-corrected chi connectivity index (χ0v) is 15.8. The minimum absolute atomic E-state index is 0.152. The second-order valence-electron chi connectivity index (χ2n) is 5.26. The summed E-state index contributed by atoms with van der Waals surface area (Å²) in [4.78, 5) is 23.1. The van der Waals surface area contributed by atoms with E-state index in [-0.39, 0.29) is 12.5 Å². The highest BCUT2D eigenvalue weighted by molar-refractivity contribution is 14.1. The van der Waals surface area contributed by atoms with E-state index in [0.29, 0.717) is 20.6 Å². The second-order valence-corrected chi connectivity index (χ2v) is 6.42. The summed E-state index contributed by atoms with van der Waals surface area (Å²) in [7, 11) is 1.49. The molecule has 2 aromatic rings. The Morgan fingerprint density at radius 3 is 2.50 bits per heavy atom. The molecule has 0 aliphatic carbocycles. The summed E-state index contributed by atoms with van der Waals surface area (Å²) in [5.74, 6) is 0.606. The number of benzene rings is 2. The number of halogens is 1. The number of aldehydes is 1. The summed E-state index contributed by atoms with van der Waals surface area (Å²) in [6.07, 6.45) is 0.738. The number of hydrogen-bond donors (Lipinski definition) is 1. The van der Waals surface area contributed by atoms with Crippen LogP contribution in [-0.4, -0.2) is 25.9 Å². The van der Waals surface area contributed by atoms with Gasteiger partial charge in [-0.25, -0.2) is 0 Å². The minimum Gasteiger partial charge on any atom is -0.493 e. The molecule has 0 saturated heterocycles. The van der Waals surface area contributed by atoms with E-state index < -0.39 is 0 Å². The Balaban J connectivity index is 2.11. The van der Waals surface area contributed by atoms with Crippen molar-refractivity contribution in [1.82, 2.24) is 0 Å². The maximum Gasteiger partial charge on any atom is 0.262 e. The minimum atomic E-state index is -0.260. The first-order valence-electron chi connectivity index (χ1n) is 7.27. The molecule has 0 heterocycles. The van der Waals surface area contributed by atoms with Gasteiger partial charge in [-0.1, -0.05) is 18.2 Å². The molecule has 0 fully saturated rings. The number of aryl methyl sites for hydroxylation is 2. The highest BCUT2D eigenvalue weighted by Crippen LogP contribution is 2.33. The Morgan fingerprint density at radius 1 is 1.25 bits per heavy atom. The molecule has 0 spiro atoms. The number of carbonyl (C=O) groups excluding carboxylic acids is 2. The van der Waals surface area contributed by atoms with Gasteiger partial charge in [-0.05, 0) is 59.7 Å². The van der Waals surface area contributed by atoms with Gasteiger partial charge in [0.2, 0.25) is 0 Å². The van der Waals surface area contributed by atoms with E-state index in [1.807, 2.05) is 54.6 Å². The molecular formula is C18H18INO4. The van der Waals surface area contributed by atoms with Gasteiger partial charge >= 0.3 is 0 Å². The van der Waals surface area contributed by atoms with Crippen LogP contribution in [-0.2, 0) is 4.79 Å². The number of ether oxygens (including phenoxy) is 2. The predicted octanol–water partition coefficient (Wildman–Crippen LogP) is 3.75. The van der Waals surface area contributed by atoms with E-state index in [9.17, 15) is 9.59 Å². The number of amides is 1. The summed E-state index contributed by atoms with van der Waals surface area (Å²) in [6, 6.07) is 9.07. The van der Waals surface area contributed by atoms with E-state index in [1.54, 1.807) is 12.1 Å². The molecule has 6 heteroatoms. The van der Waals surface area contributed by atoms with Crippen LogP contribution in [0.4, 0.5) is 5.69 Å². The summed E-state index contributed by atoms with van der Waals surface area (Å²) >= 11 is 2.04. The van der Waals surface area contributed by atoms with Crippen molar-refractivity contribution in [3.63, 3.8) is 0 Å². The fourth-order valence-corrected chi connectivity index (χ4v) is 3.05.